The number of hydrogen-bond donors (Lipinski definition) is 2. The zero-order chi connectivity index (χ0) is 26.8. The van der Waals surface area contributed by atoms with Crippen LogP contribution < -0.4 is 5.32 Å². The monoisotopic (exact) mass is 529 g/mol. The fourth-order valence-corrected chi connectivity index (χ4v) is 4.72. The zero-order valence-electron chi connectivity index (χ0n) is 18.7. The molecule has 1 amide bonds. The Balaban J connectivity index is 1.74. The first-order chi connectivity index (χ1) is 16.5. The first kappa shape index (κ1) is 23.9. The number of ether oxygens (including phenoxy) is 1. The van der Waals surface area contributed by atoms with Gasteiger partial charge in [-0.1, -0.05) is 0 Å². The van der Waals surface area contributed by atoms with Crippen molar-refractivity contribution in [2.24, 2.45) is 0 Å². The quantitative estimate of drug-likeness (QED) is 0.462. The molecule has 192 valence electrons. The third kappa shape index (κ3) is 4.95. The predicted octanol–water partition coefficient (Wildman–Crippen LogP) is 2.52. The van der Waals surface area contributed by atoms with Crippen molar-refractivity contribution < 1.29 is 50.8 Å². The van der Waals surface area contributed by atoms with Gasteiger partial charge in [-0.2, -0.15) is 22.4 Å². The van der Waals surface area contributed by atoms with E-state index in [4.69, 9.17) is 6.11 Å². The van der Waals surface area contributed by atoms with Crippen LogP contribution in [-0.4, -0.2) is 64.3 Å². The number of hydrogen-bond acceptors (Lipinski definition) is 6. The average Bonchev–Trinajstić information content (AvgIpc) is 3.29. The third-order valence-electron chi connectivity index (χ3n) is 5.64. The third-order valence-corrected chi connectivity index (χ3v) is 6.50. The van der Waals surface area contributed by atoms with Crippen molar-refractivity contribution >= 4 is 16.1 Å². The van der Waals surface area contributed by atoms with Gasteiger partial charge in [-0.15, -0.1) is 0 Å². The van der Waals surface area contributed by atoms with Crippen molar-refractivity contribution in [3.05, 3.63) is 52.6 Å². The van der Waals surface area contributed by atoms with Crippen LogP contribution in [0.4, 0.5) is 31.1 Å². The lowest BCUT2D eigenvalue weighted by molar-refractivity contribution is -0.270. The van der Waals surface area contributed by atoms with Crippen molar-refractivity contribution in [1.29, 1.82) is 0 Å². The van der Waals surface area contributed by atoms with E-state index in [1.54, 1.807) is 0 Å². The molecular formula is C19H18F6N4O5S. The van der Waals surface area contributed by atoms with Gasteiger partial charge >= 0.3 is 12.3 Å². The summed E-state index contributed by atoms with van der Waals surface area (Å²) >= 11 is 0. The van der Waals surface area contributed by atoms with E-state index < -0.39 is 82.5 Å². The van der Waals surface area contributed by atoms with Crippen LogP contribution in [0, 0.1) is 17.5 Å². The van der Waals surface area contributed by atoms with Gasteiger partial charge in [0.25, 0.3) is 10.0 Å². The maximum atomic E-state index is 14.5. The first-order valence-electron chi connectivity index (χ1n) is 10.4. The fraction of sp³-hybridized carbons (Fsp3) is 0.474. The number of amides is 1. The molecule has 2 aromatic rings. The van der Waals surface area contributed by atoms with E-state index in [2.05, 4.69) is 5.10 Å². The number of nitrogens with one attached hydrogen (secondary N) is 1. The van der Waals surface area contributed by atoms with Gasteiger partial charge in [-0.25, -0.2) is 26.4 Å². The zero-order valence-corrected chi connectivity index (χ0v) is 18.5. The Morgan fingerprint density at radius 2 is 1.89 bits per heavy atom. The minimum absolute atomic E-state index is 0.0875. The molecule has 2 aliphatic rings. The molecule has 0 spiro atoms. The smallest absolute Gasteiger partial charge is 0.416 e. The highest BCUT2D eigenvalue weighted by Gasteiger charge is 2.55. The number of halogens is 6. The Hall–Kier alpha value is -2.85. The second-order valence-electron chi connectivity index (χ2n) is 8.11. The molecule has 1 aromatic carbocycles. The number of rotatable bonds is 4. The number of fused-ring (bicyclic) bond motifs is 1. The molecule has 3 heterocycles. The van der Waals surface area contributed by atoms with E-state index in [0.717, 1.165) is 17.4 Å². The van der Waals surface area contributed by atoms with Crippen LogP contribution >= 0.6 is 0 Å². The molecule has 1 saturated heterocycles. The molecular weight excluding hydrogens is 510 g/mol. The average molecular weight is 529 g/mol. The minimum atomic E-state index is -5.23. The second-order valence-corrected chi connectivity index (χ2v) is 9.95. The molecule has 0 radical (unpaired) electrons. The number of alkyl halides is 3. The number of aromatic nitrogens is 2. The molecule has 9 nitrogen and oxygen atoms in total. The summed E-state index contributed by atoms with van der Waals surface area (Å²) in [7, 11) is -3.78. The number of carbonyl (C=O) groups is 1. The normalized spacial score (nSPS) is 28.0. The topological polar surface area (TPSA) is 114 Å². The summed E-state index contributed by atoms with van der Waals surface area (Å²) in [5.41, 5.74) is -0.549. The standard InChI is InChI=1S/C19H18F6N4O5S/c1-35(32,33)29-6-8-5-28(7-14(8)27-29)15-4-13(26-18(30)31)16(34-17(15)19(23,24)25)9-2-11(21)12(22)3-10(9)20/h2-3,6,13,15-17,26H,4-5,7H2,1H3,(H,30,31)/t13-,15+,16+,17-/m0/s1/i15D. The Morgan fingerprint density at radius 1 is 1.23 bits per heavy atom. The molecule has 0 bridgehead atoms. The highest BCUT2D eigenvalue weighted by molar-refractivity contribution is 7.89. The molecule has 1 aromatic heterocycles. The first-order valence-corrected chi connectivity index (χ1v) is 11.7. The van der Waals surface area contributed by atoms with Crippen LogP contribution in [0.5, 0.6) is 0 Å². The highest BCUT2D eigenvalue weighted by atomic mass is 32.2. The molecule has 0 saturated carbocycles. The van der Waals surface area contributed by atoms with E-state index in [9.17, 15) is 44.7 Å². The maximum Gasteiger partial charge on any atom is 0.416 e. The molecule has 0 unspecified atom stereocenters. The summed E-state index contributed by atoms with van der Waals surface area (Å²) < 4.78 is 122. The Morgan fingerprint density at radius 3 is 2.46 bits per heavy atom. The Bertz CT molecular complexity index is 1300. The van der Waals surface area contributed by atoms with Gasteiger partial charge in [0, 0.05) is 43.9 Å². The fourth-order valence-electron chi connectivity index (χ4n) is 4.15. The highest BCUT2D eigenvalue weighted by Crippen LogP contribution is 2.43. The van der Waals surface area contributed by atoms with Crippen molar-refractivity contribution in [3.8, 4) is 0 Å². The van der Waals surface area contributed by atoms with Gasteiger partial charge in [0.05, 0.1) is 18.0 Å². The van der Waals surface area contributed by atoms with Gasteiger partial charge in [0.2, 0.25) is 0 Å². The molecule has 0 aliphatic carbocycles. The van der Waals surface area contributed by atoms with Gasteiger partial charge in [-0.3, -0.25) is 4.90 Å². The summed E-state index contributed by atoms with van der Waals surface area (Å²) in [6.45, 7) is -0.754. The van der Waals surface area contributed by atoms with E-state index in [1.165, 1.54) is 0 Å². The van der Waals surface area contributed by atoms with E-state index in [0.29, 0.717) is 4.09 Å². The summed E-state index contributed by atoms with van der Waals surface area (Å²) in [4.78, 5) is 12.3. The van der Waals surface area contributed by atoms with Crippen LogP contribution in [0.25, 0.3) is 0 Å². The molecule has 4 atom stereocenters. The lowest BCUT2D eigenvalue weighted by atomic mass is 9.88. The van der Waals surface area contributed by atoms with Gasteiger partial charge < -0.3 is 15.2 Å². The lowest BCUT2D eigenvalue weighted by Gasteiger charge is -2.45. The number of nitrogens with zero attached hydrogens (tertiary/aromatic N) is 3. The van der Waals surface area contributed by atoms with E-state index >= 15 is 0 Å². The van der Waals surface area contributed by atoms with E-state index in [-0.39, 0.29) is 29.9 Å². The Labute approximate surface area is 195 Å². The van der Waals surface area contributed by atoms with Crippen molar-refractivity contribution in [2.75, 3.05) is 6.26 Å². The summed E-state index contributed by atoms with van der Waals surface area (Å²) in [5.74, 6) is -4.67. The van der Waals surface area contributed by atoms with Gasteiger partial charge in [0.15, 0.2) is 17.7 Å². The number of benzene rings is 1. The number of carboxylic acid groups (broad SMARTS) is 1. The van der Waals surface area contributed by atoms with Crippen LogP contribution in [0.1, 0.15) is 30.7 Å². The lowest BCUT2D eigenvalue weighted by Crippen LogP contribution is -2.59. The molecule has 2 N–H and O–H groups in total. The molecule has 1 fully saturated rings. The Kier molecular flexibility index (Phi) is 5.91. The largest absolute Gasteiger partial charge is 0.465 e. The molecule has 2 aliphatic heterocycles. The van der Waals surface area contributed by atoms with Crippen LogP contribution in [-0.2, 0) is 27.8 Å². The summed E-state index contributed by atoms with van der Waals surface area (Å²) in [6, 6.07) is -4.01. The van der Waals surface area contributed by atoms with E-state index in [1.807, 2.05) is 5.32 Å². The van der Waals surface area contributed by atoms with Crippen molar-refractivity contribution in [3.63, 3.8) is 0 Å². The maximum absolute atomic E-state index is 14.5. The van der Waals surface area contributed by atoms with Gasteiger partial charge in [0.1, 0.15) is 11.9 Å². The van der Waals surface area contributed by atoms with Crippen molar-refractivity contribution in [2.45, 2.75) is 50.0 Å². The van der Waals surface area contributed by atoms with Crippen LogP contribution in [0.3, 0.4) is 0 Å². The molecule has 35 heavy (non-hydrogen) atoms. The van der Waals surface area contributed by atoms with Gasteiger partial charge in [-0.05, 0) is 12.5 Å². The van der Waals surface area contributed by atoms with Crippen LogP contribution in [0.2, 0.25) is 0 Å². The second kappa shape index (κ2) is 8.67. The molecule has 4 rings (SSSR count). The minimum Gasteiger partial charge on any atom is -0.465 e. The van der Waals surface area contributed by atoms with Crippen LogP contribution in [0.15, 0.2) is 18.3 Å². The summed E-state index contributed by atoms with van der Waals surface area (Å²) in [6.07, 6.45) is -10.9. The van der Waals surface area contributed by atoms with Crippen molar-refractivity contribution in [1.82, 2.24) is 19.4 Å². The molecule has 16 heteroatoms. The predicted molar refractivity (Wildman–Crippen MR) is 105 cm³/mol. The summed E-state index contributed by atoms with van der Waals surface area (Å²) in [5, 5.41) is 14.9. The SMILES string of the molecule is [2H][C@@]1(N2Cc3cn(S(C)(=O)=O)nc3C2)C[C@H](NC(=O)O)[C@@H](c2cc(F)c(F)cc2F)O[C@@H]1C(F)(F)F.